The second-order valence-corrected chi connectivity index (χ2v) is 7.33. The first-order valence-corrected chi connectivity index (χ1v) is 9.90. The minimum absolute atomic E-state index is 0.729. The summed E-state index contributed by atoms with van der Waals surface area (Å²) in [6.07, 6.45) is 7.41. The lowest BCUT2D eigenvalue weighted by atomic mass is 10.1. The average Bonchev–Trinajstić information content (AvgIpc) is 3.04. The quantitative estimate of drug-likeness (QED) is 0.643. The molecular formula is C22H28N4O. The molecule has 2 aromatic heterocycles. The fourth-order valence-electron chi connectivity index (χ4n) is 3.96. The predicted molar refractivity (Wildman–Crippen MR) is 108 cm³/mol. The molecule has 0 amide bonds. The Morgan fingerprint density at radius 1 is 1.22 bits per heavy atom. The van der Waals surface area contributed by atoms with E-state index in [0.717, 1.165) is 57.9 Å². The SMILES string of the molecule is CCCc1ncc2c(n1)CCN(Cc1cn(CCOC)c3ccccc13)C2. The molecule has 3 aromatic rings. The van der Waals surface area contributed by atoms with E-state index in [9.17, 15) is 0 Å². The lowest BCUT2D eigenvalue weighted by Crippen LogP contribution is -2.31. The summed E-state index contributed by atoms with van der Waals surface area (Å²) >= 11 is 0. The van der Waals surface area contributed by atoms with Gasteiger partial charge in [0.05, 0.1) is 6.61 Å². The Bertz CT molecular complexity index is 918. The van der Waals surface area contributed by atoms with Gasteiger partial charge in [-0.2, -0.15) is 0 Å². The molecule has 142 valence electrons. The molecule has 4 rings (SSSR count). The third-order valence-corrected chi connectivity index (χ3v) is 5.34. The van der Waals surface area contributed by atoms with Crippen LogP contribution in [0.3, 0.4) is 0 Å². The highest BCUT2D eigenvalue weighted by Crippen LogP contribution is 2.25. The maximum atomic E-state index is 5.27. The summed E-state index contributed by atoms with van der Waals surface area (Å²) in [5.74, 6) is 0.992. The number of hydrogen-bond donors (Lipinski definition) is 0. The molecule has 27 heavy (non-hydrogen) atoms. The number of fused-ring (bicyclic) bond motifs is 2. The van der Waals surface area contributed by atoms with Crippen LogP contribution in [0.2, 0.25) is 0 Å². The summed E-state index contributed by atoms with van der Waals surface area (Å²) in [5.41, 5.74) is 5.19. The molecule has 3 heterocycles. The van der Waals surface area contributed by atoms with Crippen LogP contribution < -0.4 is 0 Å². The molecule has 0 aliphatic carbocycles. The van der Waals surface area contributed by atoms with Crippen molar-refractivity contribution < 1.29 is 4.74 Å². The van der Waals surface area contributed by atoms with E-state index < -0.39 is 0 Å². The van der Waals surface area contributed by atoms with Gasteiger partial charge in [-0.3, -0.25) is 4.90 Å². The van der Waals surface area contributed by atoms with Gasteiger partial charge in [-0.25, -0.2) is 9.97 Å². The number of benzene rings is 1. The molecular weight excluding hydrogens is 336 g/mol. The number of aromatic nitrogens is 3. The zero-order valence-corrected chi connectivity index (χ0v) is 16.3. The minimum Gasteiger partial charge on any atom is -0.383 e. The van der Waals surface area contributed by atoms with Crippen LogP contribution in [0, 0.1) is 0 Å². The summed E-state index contributed by atoms with van der Waals surface area (Å²) < 4.78 is 7.59. The van der Waals surface area contributed by atoms with Crippen molar-refractivity contribution in [2.45, 2.75) is 45.8 Å². The molecule has 5 heteroatoms. The van der Waals surface area contributed by atoms with Crippen molar-refractivity contribution >= 4 is 10.9 Å². The number of para-hydroxylation sites is 1. The predicted octanol–water partition coefficient (Wildman–Crippen LogP) is 3.59. The van der Waals surface area contributed by atoms with Crippen molar-refractivity contribution in [3.8, 4) is 0 Å². The van der Waals surface area contributed by atoms with Gasteiger partial charge in [-0.05, 0) is 18.1 Å². The van der Waals surface area contributed by atoms with E-state index in [4.69, 9.17) is 9.72 Å². The van der Waals surface area contributed by atoms with Gasteiger partial charge in [0.25, 0.3) is 0 Å². The smallest absolute Gasteiger partial charge is 0.128 e. The molecule has 0 N–H and O–H groups in total. The normalized spacial score (nSPS) is 14.6. The molecule has 0 radical (unpaired) electrons. The van der Waals surface area contributed by atoms with Crippen LogP contribution in [0.5, 0.6) is 0 Å². The third kappa shape index (κ3) is 3.89. The molecule has 1 aliphatic heterocycles. The number of ether oxygens (including phenoxy) is 1. The van der Waals surface area contributed by atoms with E-state index in [1.165, 1.54) is 27.7 Å². The monoisotopic (exact) mass is 364 g/mol. The summed E-state index contributed by atoms with van der Waals surface area (Å²) in [5, 5.41) is 1.34. The van der Waals surface area contributed by atoms with Crippen molar-refractivity contribution in [3.63, 3.8) is 0 Å². The molecule has 0 spiro atoms. The van der Waals surface area contributed by atoms with Gasteiger partial charge in [0.1, 0.15) is 5.82 Å². The van der Waals surface area contributed by atoms with Crippen LogP contribution in [-0.2, 0) is 37.2 Å². The Morgan fingerprint density at radius 3 is 2.96 bits per heavy atom. The lowest BCUT2D eigenvalue weighted by Gasteiger charge is -2.27. The number of nitrogens with zero attached hydrogens (tertiary/aromatic N) is 4. The molecule has 0 unspecified atom stereocenters. The van der Waals surface area contributed by atoms with E-state index in [1.54, 1.807) is 7.11 Å². The number of rotatable bonds is 7. The number of methoxy groups -OCH3 is 1. The highest BCUT2D eigenvalue weighted by atomic mass is 16.5. The van der Waals surface area contributed by atoms with Crippen LogP contribution in [0.4, 0.5) is 0 Å². The highest BCUT2D eigenvalue weighted by molar-refractivity contribution is 5.83. The van der Waals surface area contributed by atoms with Crippen molar-refractivity contribution in [2.75, 3.05) is 20.3 Å². The van der Waals surface area contributed by atoms with Crippen molar-refractivity contribution in [1.29, 1.82) is 0 Å². The van der Waals surface area contributed by atoms with Gasteiger partial charge in [0, 0.05) is 80.7 Å². The maximum absolute atomic E-state index is 5.27. The Kier molecular flexibility index (Phi) is 5.50. The second kappa shape index (κ2) is 8.19. The van der Waals surface area contributed by atoms with Crippen molar-refractivity contribution in [3.05, 3.63) is 59.3 Å². The first kappa shape index (κ1) is 18.1. The summed E-state index contributed by atoms with van der Waals surface area (Å²) in [7, 11) is 1.76. The molecule has 1 aliphatic rings. The van der Waals surface area contributed by atoms with Gasteiger partial charge in [-0.15, -0.1) is 0 Å². The molecule has 5 nitrogen and oxygen atoms in total. The third-order valence-electron chi connectivity index (χ3n) is 5.34. The van der Waals surface area contributed by atoms with Crippen LogP contribution in [0.15, 0.2) is 36.7 Å². The molecule has 0 fully saturated rings. The molecule has 0 saturated heterocycles. The van der Waals surface area contributed by atoms with Gasteiger partial charge < -0.3 is 9.30 Å². The Balaban J connectivity index is 1.53. The minimum atomic E-state index is 0.729. The van der Waals surface area contributed by atoms with Gasteiger partial charge >= 0.3 is 0 Å². The van der Waals surface area contributed by atoms with Crippen LogP contribution in [0.25, 0.3) is 10.9 Å². The molecule has 0 atom stereocenters. The number of aryl methyl sites for hydroxylation is 1. The molecule has 0 saturated carbocycles. The van der Waals surface area contributed by atoms with Gasteiger partial charge in [0.2, 0.25) is 0 Å². The van der Waals surface area contributed by atoms with Crippen molar-refractivity contribution in [2.24, 2.45) is 0 Å². The highest BCUT2D eigenvalue weighted by Gasteiger charge is 2.20. The van der Waals surface area contributed by atoms with E-state index in [1.807, 2.05) is 6.20 Å². The fourth-order valence-corrected chi connectivity index (χ4v) is 3.96. The maximum Gasteiger partial charge on any atom is 0.128 e. The largest absolute Gasteiger partial charge is 0.383 e. The first-order valence-electron chi connectivity index (χ1n) is 9.90. The topological polar surface area (TPSA) is 43.2 Å². The summed E-state index contributed by atoms with van der Waals surface area (Å²) in [6.45, 7) is 6.72. The fraction of sp³-hybridized carbons (Fsp3) is 0.455. The van der Waals surface area contributed by atoms with E-state index >= 15 is 0 Å². The average molecular weight is 364 g/mol. The van der Waals surface area contributed by atoms with Crippen molar-refractivity contribution in [1.82, 2.24) is 19.4 Å². The second-order valence-electron chi connectivity index (χ2n) is 7.33. The van der Waals surface area contributed by atoms with Gasteiger partial charge in [-0.1, -0.05) is 25.1 Å². The van der Waals surface area contributed by atoms with E-state index in [2.05, 4.69) is 51.8 Å². The molecule has 1 aromatic carbocycles. The first-order chi connectivity index (χ1) is 13.3. The zero-order valence-electron chi connectivity index (χ0n) is 16.3. The zero-order chi connectivity index (χ0) is 18.6. The number of hydrogen-bond acceptors (Lipinski definition) is 4. The van der Waals surface area contributed by atoms with Gasteiger partial charge in [0.15, 0.2) is 0 Å². The lowest BCUT2D eigenvalue weighted by molar-refractivity contribution is 0.188. The Labute approximate surface area is 161 Å². The van der Waals surface area contributed by atoms with E-state index in [-0.39, 0.29) is 0 Å². The van der Waals surface area contributed by atoms with Crippen LogP contribution in [0.1, 0.15) is 36.0 Å². The summed E-state index contributed by atoms with van der Waals surface area (Å²) in [6, 6.07) is 8.66. The van der Waals surface area contributed by atoms with E-state index in [0.29, 0.717) is 0 Å². The standard InChI is InChI=1S/C22H28N4O/c1-3-6-22-23-13-17-14-25(10-9-20(17)24-22)15-18-16-26(11-12-27-2)21-8-5-4-7-19(18)21/h4-5,7-8,13,16H,3,6,9-12,14-15H2,1-2H3. The summed E-state index contributed by atoms with van der Waals surface area (Å²) in [4.78, 5) is 11.8. The molecule has 0 bridgehead atoms. The Hall–Kier alpha value is -2.24. The van der Waals surface area contributed by atoms with Crippen LogP contribution >= 0.6 is 0 Å². The Morgan fingerprint density at radius 2 is 2.11 bits per heavy atom. The van der Waals surface area contributed by atoms with Crippen LogP contribution in [-0.4, -0.2) is 39.7 Å².